The fourth-order valence-corrected chi connectivity index (χ4v) is 0. The smallest absolute Gasteiger partial charge is 1.00 e. The summed E-state index contributed by atoms with van der Waals surface area (Å²) in [6.45, 7) is 0. The zero-order valence-corrected chi connectivity index (χ0v) is 7.41. The van der Waals surface area contributed by atoms with Gasteiger partial charge in [-0.1, -0.05) is 0 Å². The fourth-order valence-electron chi connectivity index (χ4n) is 0. The molecule has 0 aliphatic rings. The van der Waals surface area contributed by atoms with Crippen molar-refractivity contribution >= 4 is 16.6 Å². The predicted octanol–water partition coefficient (Wildman–Crippen LogP) is -3.70. The third kappa shape index (κ3) is 9.74. The molecular weight excluding hydrogens is 78.0 g/mol. The first kappa shape index (κ1) is 9.09. The first-order chi connectivity index (χ1) is 1.41. The molecule has 0 aliphatic carbocycles. The maximum Gasteiger partial charge on any atom is 1.00 e. The van der Waals surface area contributed by atoms with E-state index >= 15 is 0 Å². The van der Waals surface area contributed by atoms with Crippen molar-refractivity contribution in [1.29, 1.82) is 0 Å². The third-order valence-corrected chi connectivity index (χ3v) is 0. The Bertz CT molecular complexity index is 11.6. The van der Waals surface area contributed by atoms with Crippen LogP contribution in [0.1, 0.15) is 1.43 Å². The molecule has 0 rings (SSSR count). The maximum absolute atomic E-state index is 4.39. The van der Waals surface area contributed by atoms with Crippen molar-refractivity contribution in [2.45, 2.75) is 0 Å². The van der Waals surface area contributed by atoms with Crippen LogP contribution in [0.15, 0.2) is 0 Å². The van der Waals surface area contributed by atoms with Gasteiger partial charge in [0.1, 0.15) is 0 Å². The summed E-state index contributed by atoms with van der Waals surface area (Å²) in [7, 11) is 1.69. The summed E-state index contributed by atoms with van der Waals surface area (Å²) in [5.74, 6) is 0. The van der Waals surface area contributed by atoms with Crippen molar-refractivity contribution in [2.75, 3.05) is 7.11 Å². The average Bonchev–Trinajstić information content (AvgIpc) is 0.918. The van der Waals surface area contributed by atoms with Crippen LogP contribution in [0.25, 0.3) is 0 Å². The van der Waals surface area contributed by atoms with Crippen molar-refractivity contribution in [1.82, 2.24) is 0 Å². The molecule has 0 atom stereocenters. The molecule has 0 spiro atoms. The van der Waals surface area contributed by atoms with Crippen LogP contribution in [0.5, 0.6) is 0 Å². The molecule has 0 N–H and O–H groups in total. The van der Waals surface area contributed by atoms with Crippen LogP contribution in [-0.2, 0) is 3.79 Å². The van der Waals surface area contributed by atoms with Gasteiger partial charge in [-0.05, 0) is 0 Å². The van der Waals surface area contributed by atoms with E-state index in [2.05, 4.69) is 3.79 Å². The molecule has 0 aromatic carbocycles. The second-order valence-electron chi connectivity index (χ2n) is 0.408. The van der Waals surface area contributed by atoms with E-state index in [1.54, 1.807) is 7.11 Å². The van der Waals surface area contributed by atoms with Crippen molar-refractivity contribution in [3.8, 4) is 0 Å². The molecular formula is CH6AlNaO. The van der Waals surface area contributed by atoms with E-state index in [0.717, 1.165) is 16.6 Å². The van der Waals surface area contributed by atoms with E-state index in [9.17, 15) is 0 Å². The quantitative estimate of drug-likeness (QED) is 0.274. The monoisotopic (exact) mass is 84.0 g/mol. The van der Waals surface area contributed by atoms with E-state index in [4.69, 9.17) is 0 Å². The number of hydrogen-bond acceptors (Lipinski definition) is 1. The number of rotatable bonds is 0. The Balaban J connectivity index is -0.0000000200. The van der Waals surface area contributed by atoms with Gasteiger partial charge in [-0.3, -0.25) is 0 Å². The van der Waals surface area contributed by atoms with E-state index in [1.807, 2.05) is 0 Å². The Kier molecular flexibility index (Phi) is 20.0. The molecule has 3 heteroatoms. The number of hydrogen-bond donors (Lipinski definition) is 0. The van der Waals surface area contributed by atoms with Gasteiger partial charge in [0.15, 0.2) is 0 Å². The summed E-state index contributed by atoms with van der Waals surface area (Å²) < 4.78 is 4.39. The zero-order chi connectivity index (χ0) is 2.71. The van der Waals surface area contributed by atoms with Gasteiger partial charge in [0.25, 0.3) is 0 Å². The van der Waals surface area contributed by atoms with Crippen LogP contribution in [0.4, 0.5) is 0 Å². The van der Waals surface area contributed by atoms with Crippen LogP contribution in [0, 0.1) is 0 Å². The van der Waals surface area contributed by atoms with Crippen LogP contribution in [0.2, 0.25) is 0 Å². The van der Waals surface area contributed by atoms with Gasteiger partial charge in [-0.2, -0.15) is 0 Å². The largest absolute Gasteiger partial charge is 1.00 e. The van der Waals surface area contributed by atoms with Gasteiger partial charge in [-0.25, -0.2) is 0 Å². The van der Waals surface area contributed by atoms with Gasteiger partial charge < -0.3 is 5.22 Å². The second kappa shape index (κ2) is 8.82. The summed E-state index contributed by atoms with van der Waals surface area (Å²) in [6.07, 6.45) is 0. The SMILES string of the molecule is C[O][AlH2].[H-].[Na+]. The Morgan fingerprint density at radius 2 is 2.00 bits per heavy atom. The molecule has 0 bridgehead atoms. The molecule has 0 amide bonds. The molecule has 1 nitrogen and oxygen atoms in total. The molecule has 0 saturated heterocycles. The van der Waals surface area contributed by atoms with Crippen LogP contribution in [0.3, 0.4) is 0 Å². The minimum Gasteiger partial charge on any atom is -1.00 e. The molecule has 0 radical (unpaired) electrons. The molecule has 0 aromatic rings. The van der Waals surface area contributed by atoms with Crippen LogP contribution >= 0.6 is 0 Å². The van der Waals surface area contributed by atoms with Gasteiger partial charge in [-0.15, -0.1) is 0 Å². The normalized spacial score (nSPS) is 4.25. The predicted molar refractivity (Wildman–Crippen MR) is 16.7 cm³/mol. The second-order valence-corrected chi connectivity index (χ2v) is 1.22. The van der Waals surface area contributed by atoms with Gasteiger partial charge >= 0.3 is 46.2 Å². The minimum atomic E-state index is 0. The van der Waals surface area contributed by atoms with Crippen LogP contribution in [-0.4, -0.2) is 23.7 Å². The summed E-state index contributed by atoms with van der Waals surface area (Å²) in [5.41, 5.74) is 0. The maximum atomic E-state index is 4.39. The summed E-state index contributed by atoms with van der Waals surface area (Å²) in [6, 6.07) is 0. The van der Waals surface area contributed by atoms with Gasteiger partial charge in [0.2, 0.25) is 0 Å². The van der Waals surface area contributed by atoms with Gasteiger partial charge in [0, 0.05) is 7.11 Å². The first-order valence-corrected chi connectivity index (χ1v) is 1.63. The fraction of sp³-hybridized carbons (Fsp3) is 1.00. The van der Waals surface area contributed by atoms with Crippen LogP contribution < -0.4 is 29.6 Å². The molecule has 20 valence electrons. The van der Waals surface area contributed by atoms with E-state index < -0.39 is 0 Å². The van der Waals surface area contributed by atoms with Gasteiger partial charge in [0.05, 0.1) is 0 Å². The molecule has 4 heavy (non-hydrogen) atoms. The molecule has 0 unspecified atom stereocenters. The molecule has 0 heterocycles. The standard InChI is InChI=1S/CH3O.Al.Na.3H/c1-2;;;;;/h1H3;;;;;/q-1;2*+1;;;-1. The van der Waals surface area contributed by atoms with E-state index in [-0.39, 0.29) is 31.0 Å². The molecule has 0 fully saturated rings. The summed E-state index contributed by atoms with van der Waals surface area (Å²) in [5, 5.41) is 0. The Labute approximate surface area is 58.2 Å². The molecule has 0 aliphatic heterocycles. The van der Waals surface area contributed by atoms with Crippen molar-refractivity contribution < 1.29 is 34.8 Å². The topological polar surface area (TPSA) is 9.23 Å². The van der Waals surface area contributed by atoms with Crippen molar-refractivity contribution in [3.63, 3.8) is 0 Å². The minimum absolute atomic E-state index is 0. The van der Waals surface area contributed by atoms with Crippen molar-refractivity contribution in [2.24, 2.45) is 0 Å². The van der Waals surface area contributed by atoms with E-state index in [1.165, 1.54) is 0 Å². The Morgan fingerprint density at radius 1 is 2.00 bits per heavy atom. The zero-order valence-electron chi connectivity index (χ0n) is 4.41. The summed E-state index contributed by atoms with van der Waals surface area (Å²) in [4.78, 5) is 0. The Morgan fingerprint density at radius 3 is 2.00 bits per heavy atom. The Hall–Kier alpha value is 1.49. The molecule has 0 aromatic heterocycles. The van der Waals surface area contributed by atoms with Crippen molar-refractivity contribution in [3.05, 3.63) is 0 Å². The van der Waals surface area contributed by atoms with E-state index in [0.29, 0.717) is 0 Å². The first-order valence-electron chi connectivity index (χ1n) is 0.816. The third-order valence-electron chi connectivity index (χ3n) is 0. The average molecular weight is 84.0 g/mol. The molecule has 0 saturated carbocycles. The summed E-state index contributed by atoms with van der Waals surface area (Å²) >= 11 is 0.869.